The van der Waals surface area contributed by atoms with Crippen LogP contribution in [-0.4, -0.2) is 23.9 Å². The van der Waals surface area contributed by atoms with Crippen LogP contribution in [0.4, 0.5) is 0 Å². The normalized spacial score (nSPS) is 12.8. The summed E-state index contributed by atoms with van der Waals surface area (Å²) >= 11 is 5.87. The lowest BCUT2D eigenvalue weighted by molar-refractivity contribution is 0.251. The summed E-state index contributed by atoms with van der Waals surface area (Å²) in [7, 11) is 1.74. The van der Waals surface area contributed by atoms with Crippen LogP contribution in [0.5, 0.6) is 5.75 Å². The van der Waals surface area contributed by atoms with Crippen molar-refractivity contribution in [1.29, 1.82) is 0 Å². The maximum atomic E-state index is 9.10. The number of aliphatic hydroxyl groups is 1. The average Bonchev–Trinajstić information content (AvgIpc) is 2.10. The molecule has 0 saturated heterocycles. The zero-order valence-corrected chi connectivity index (χ0v) is 8.04. The SMILES string of the molecule is CN[C@@H](CO)c1ccc(O)cc1Cl. The van der Waals surface area contributed by atoms with Crippen molar-refractivity contribution in [2.45, 2.75) is 6.04 Å². The summed E-state index contributed by atoms with van der Waals surface area (Å²) in [5.74, 6) is 0.126. The van der Waals surface area contributed by atoms with Crippen molar-refractivity contribution in [3.8, 4) is 5.75 Å². The third kappa shape index (κ3) is 2.34. The van der Waals surface area contributed by atoms with E-state index in [1.807, 2.05) is 0 Å². The lowest BCUT2D eigenvalue weighted by Gasteiger charge is -2.14. The number of hydrogen-bond acceptors (Lipinski definition) is 3. The largest absolute Gasteiger partial charge is 0.508 e. The number of aromatic hydroxyl groups is 1. The first-order valence-corrected chi connectivity index (χ1v) is 4.33. The van der Waals surface area contributed by atoms with Gasteiger partial charge >= 0.3 is 0 Å². The van der Waals surface area contributed by atoms with Gasteiger partial charge in [0, 0.05) is 5.02 Å². The fourth-order valence-electron chi connectivity index (χ4n) is 1.14. The van der Waals surface area contributed by atoms with Gasteiger partial charge < -0.3 is 15.5 Å². The minimum atomic E-state index is -0.187. The fourth-order valence-corrected chi connectivity index (χ4v) is 1.45. The van der Waals surface area contributed by atoms with Crippen molar-refractivity contribution < 1.29 is 10.2 Å². The molecule has 72 valence electrons. The van der Waals surface area contributed by atoms with Crippen LogP contribution < -0.4 is 5.32 Å². The number of rotatable bonds is 3. The van der Waals surface area contributed by atoms with Gasteiger partial charge in [-0.15, -0.1) is 0 Å². The van der Waals surface area contributed by atoms with Gasteiger partial charge in [-0.05, 0) is 24.7 Å². The van der Waals surface area contributed by atoms with Crippen molar-refractivity contribution in [2.75, 3.05) is 13.7 Å². The molecule has 0 aromatic heterocycles. The Morgan fingerprint density at radius 1 is 1.54 bits per heavy atom. The van der Waals surface area contributed by atoms with Gasteiger partial charge in [-0.25, -0.2) is 0 Å². The van der Waals surface area contributed by atoms with E-state index < -0.39 is 0 Å². The van der Waals surface area contributed by atoms with Crippen molar-refractivity contribution in [3.05, 3.63) is 28.8 Å². The van der Waals surface area contributed by atoms with E-state index in [1.165, 1.54) is 6.07 Å². The zero-order chi connectivity index (χ0) is 9.84. The molecule has 0 saturated carbocycles. The molecule has 0 aliphatic carbocycles. The Hall–Kier alpha value is -0.770. The van der Waals surface area contributed by atoms with Gasteiger partial charge in [-0.3, -0.25) is 0 Å². The van der Waals surface area contributed by atoms with E-state index >= 15 is 0 Å². The Labute approximate surface area is 82.0 Å². The van der Waals surface area contributed by atoms with Crippen LogP contribution in [0.25, 0.3) is 0 Å². The topological polar surface area (TPSA) is 52.5 Å². The molecule has 3 nitrogen and oxygen atoms in total. The molecule has 1 atom stereocenters. The summed E-state index contributed by atoms with van der Waals surface area (Å²) in [5, 5.41) is 21.5. The van der Waals surface area contributed by atoms with E-state index in [0.29, 0.717) is 5.02 Å². The monoisotopic (exact) mass is 201 g/mol. The summed E-state index contributed by atoms with van der Waals surface area (Å²) in [4.78, 5) is 0. The Morgan fingerprint density at radius 3 is 2.69 bits per heavy atom. The number of likely N-dealkylation sites (N-methyl/N-ethyl adjacent to an activating group) is 1. The van der Waals surface area contributed by atoms with Crippen molar-refractivity contribution in [1.82, 2.24) is 5.32 Å². The second-order valence-corrected chi connectivity index (χ2v) is 3.14. The van der Waals surface area contributed by atoms with Gasteiger partial charge in [0.1, 0.15) is 5.75 Å². The second kappa shape index (κ2) is 4.46. The third-order valence-corrected chi connectivity index (χ3v) is 2.22. The highest BCUT2D eigenvalue weighted by Gasteiger charge is 2.11. The van der Waals surface area contributed by atoms with E-state index in [0.717, 1.165) is 5.56 Å². The van der Waals surface area contributed by atoms with E-state index in [2.05, 4.69) is 5.32 Å². The molecule has 0 aliphatic heterocycles. The first-order chi connectivity index (χ1) is 6.19. The standard InChI is InChI=1S/C9H12ClNO2/c1-11-9(5-12)7-3-2-6(13)4-8(7)10/h2-4,9,11-13H,5H2,1H3/t9-/m0/s1. The predicted molar refractivity (Wildman–Crippen MR) is 52.0 cm³/mol. The first kappa shape index (κ1) is 10.3. The maximum Gasteiger partial charge on any atom is 0.117 e. The van der Waals surface area contributed by atoms with E-state index in [1.54, 1.807) is 19.2 Å². The number of hydrogen-bond donors (Lipinski definition) is 3. The lowest BCUT2D eigenvalue weighted by Crippen LogP contribution is -2.20. The molecule has 1 aromatic carbocycles. The molecular formula is C9H12ClNO2. The fraction of sp³-hybridized carbons (Fsp3) is 0.333. The van der Waals surface area contributed by atoms with Gasteiger partial charge in [0.05, 0.1) is 12.6 Å². The highest BCUT2D eigenvalue weighted by Crippen LogP contribution is 2.26. The number of phenols is 1. The molecule has 3 N–H and O–H groups in total. The number of phenolic OH excluding ortho intramolecular Hbond substituents is 1. The molecule has 0 amide bonds. The van der Waals surface area contributed by atoms with Crippen molar-refractivity contribution >= 4 is 11.6 Å². The molecule has 4 heteroatoms. The van der Waals surface area contributed by atoms with Crippen LogP contribution in [0.3, 0.4) is 0 Å². The van der Waals surface area contributed by atoms with Crippen LogP contribution >= 0.6 is 11.6 Å². The molecule has 0 aliphatic rings. The number of benzene rings is 1. The molecule has 0 spiro atoms. The van der Waals surface area contributed by atoms with Gasteiger partial charge in [0.2, 0.25) is 0 Å². The van der Waals surface area contributed by atoms with Gasteiger partial charge in [0.15, 0.2) is 0 Å². The van der Waals surface area contributed by atoms with Crippen LogP contribution in [0.15, 0.2) is 18.2 Å². The summed E-state index contributed by atoms with van der Waals surface area (Å²) < 4.78 is 0. The van der Waals surface area contributed by atoms with Crippen LogP contribution in [-0.2, 0) is 0 Å². The maximum absolute atomic E-state index is 9.10. The molecular weight excluding hydrogens is 190 g/mol. The van der Waals surface area contributed by atoms with Gasteiger partial charge in [-0.2, -0.15) is 0 Å². The van der Waals surface area contributed by atoms with Crippen LogP contribution in [0.1, 0.15) is 11.6 Å². The minimum Gasteiger partial charge on any atom is -0.508 e. The summed E-state index contributed by atoms with van der Waals surface area (Å²) in [6.07, 6.45) is 0. The number of nitrogens with one attached hydrogen (secondary N) is 1. The Bertz CT molecular complexity index is 287. The average molecular weight is 202 g/mol. The molecule has 0 radical (unpaired) electrons. The summed E-state index contributed by atoms with van der Waals surface area (Å²) in [6, 6.07) is 4.50. The van der Waals surface area contributed by atoms with Crippen LogP contribution in [0, 0.1) is 0 Å². The highest BCUT2D eigenvalue weighted by atomic mass is 35.5. The predicted octanol–water partition coefficient (Wildman–Crippen LogP) is 1.30. The van der Waals surface area contributed by atoms with Crippen molar-refractivity contribution in [3.63, 3.8) is 0 Å². The van der Waals surface area contributed by atoms with E-state index in [4.69, 9.17) is 21.8 Å². The molecule has 0 fully saturated rings. The minimum absolute atomic E-state index is 0.0268. The Kier molecular flexibility index (Phi) is 3.54. The quantitative estimate of drug-likeness (QED) is 0.691. The van der Waals surface area contributed by atoms with Crippen LogP contribution in [0.2, 0.25) is 5.02 Å². The summed E-state index contributed by atoms with van der Waals surface area (Å²) in [5.41, 5.74) is 0.782. The number of halogens is 1. The van der Waals surface area contributed by atoms with Gasteiger partial charge in [0.25, 0.3) is 0 Å². The Balaban J connectivity index is 2.99. The summed E-state index contributed by atoms with van der Waals surface area (Å²) in [6.45, 7) is -0.0268. The number of aliphatic hydroxyl groups excluding tert-OH is 1. The van der Waals surface area contributed by atoms with E-state index in [9.17, 15) is 0 Å². The molecule has 13 heavy (non-hydrogen) atoms. The van der Waals surface area contributed by atoms with E-state index in [-0.39, 0.29) is 18.4 Å². The lowest BCUT2D eigenvalue weighted by atomic mass is 10.1. The molecule has 0 unspecified atom stereocenters. The smallest absolute Gasteiger partial charge is 0.117 e. The molecule has 1 aromatic rings. The third-order valence-electron chi connectivity index (χ3n) is 1.89. The molecule has 0 bridgehead atoms. The molecule has 0 heterocycles. The first-order valence-electron chi connectivity index (χ1n) is 3.95. The zero-order valence-electron chi connectivity index (χ0n) is 7.29. The second-order valence-electron chi connectivity index (χ2n) is 2.73. The van der Waals surface area contributed by atoms with Gasteiger partial charge in [-0.1, -0.05) is 17.7 Å². The molecule has 1 rings (SSSR count). The highest BCUT2D eigenvalue weighted by molar-refractivity contribution is 6.31. The van der Waals surface area contributed by atoms with Crippen molar-refractivity contribution in [2.24, 2.45) is 0 Å². The Morgan fingerprint density at radius 2 is 2.23 bits per heavy atom.